The maximum atomic E-state index is 11.7. The van der Waals surface area contributed by atoms with Crippen LogP contribution in [0.15, 0.2) is 12.1 Å². The maximum Gasteiger partial charge on any atom is 0.318 e. The highest BCUT2D eigenvalue weighted by molar-refractivity contribution is 5.77. The van der Waals surface area contributed by atoms with Crippen molar-refractivity contribution >= 4 is 6.03 Å². The van der Waals surface area contributed by atoms with E-state index < -0.39 is 0 Å². The summed E-state index contributed by atoms with van der Waals surface area (Å²) in [6, 6.07) is 3.94. The molecule has 1 aliphatic rings. The molecule has 1 heterocycles. The molecule has 0 bridgehead atoms. The lowest BCUT2D eigenvalue weighted by Crippen LogP contribution is -2.30. The Morgan fingerprint density at radius 1 is 1.42 bits per heavy atom. The fourth-order valence-corrected chi connectivity index (χ4v) is 2.60. The van der Waals surface area contributed by atoms with Crippen molar-refractivity contribution in [3.05, 3.63) is 28.8 Å². The molecule has 1 aromatic carbocycles. The van der Waals surface area contributed by atoms with Crippen molar-refractivity contribution in [3.8, 4) is 5.75 Å². The van der Waals surface area contributed by atoms with Gasteiger partial charge in [-0.25, -0.2) is 4.79 Å². The van der Waals surface area contributed by atoms with Gasteiger partial charge in [0, 0.05) is 13.1 Å². The van der Waals surface area contributed by atoms with E-state index in [4.69, 9.17) is 9.84 Å². The summed E-state index contributed by atoms with van der Waals surface area (Å²) < 4.78 is 5.34. The van der Waals surface area contributed by atoms with Crippen LogP contribution in [0, 0.1) is 13.8 Å². The molecule has 104 valence electrons. The van der Waals surface area contributed by atoms with Crippen molar-refractivity contribution < 1.29 is 14.6 Å². The minimum atomic E-state index is -0.120. The van der Waals surface area contributed by atoms with Gasteiger partial charge in [-0.05, 0) is 30.5 Å². The van der Waals surface area contributed by atoms with Crippen LogP contribution in [0.5, 0.6) is 5.75 Å². The number of rotatable bonds is 4. The first-order valence-corrected chi connectivity index (χ1v) is 6.38. The lowest BCUT2D eigenvalue weighted by molar-refractivity contribution is 0.196. The highest BCUT2D eigenvalue weighted by atomic mass is 16.5. The fourth-order valence-electron chi connectivity index (χ4n) is 2.60. The second-order valence-electron chi connectivity index (χ2n) is 4.86. The second kappa shape index (κ2) is 5.48. The molecule has 1 aromatic rings. The van der Waals surface area contributed by atoms with Gasteiger partial charge in [0.25, 0.3) is 0 Å². The Hall–Kier alpha value is -1.75. The largest absolute Gasteiger partial charge is 0.496 e. The zero-order valence-electron chi connectivity index (χ0n) is 11.6. The molecule has 0 aliphatic carbocycles. The predicted octanol–water partition coefficient (Wildman–Crippen LogP) is 1.37. The molecule has 2 rings (SSSR count). The Morgan fingerprint density at radius 3 is 2.58 bits per heavy atom. The fraction of sp³-hybridized carbons (Fsp3) is 0.500. The maximum absolute atomic E-state index is 11.7. The van der Waals surface area contributed by atoms with Gasteiger partial charge in [0.1, 0.15) is 5.75 Å². The van der Waals surface area contributed by atoms with Gasteiger partial charge in [-0.2, -0.15) is 0 Å². The van der Waals surface area contributed by atoms with E-state index in [2.05, 4.69) is 5.32 Å². The molecular formula is C14H20N2O3. The van der Waals surface area contributed by atoms with E-state index in [1.54, 1.807) is 12.0 Å². The van der Waals surface area contributed by atoms with Gasteiger partial charge < -0.3 is 20.1 Å². The quantitative estimate of drug-likeness (QED) is 0.863. The zero-order chi connectivity index (χ0) is 14.0. The Kier molecular flexibility index (Phi) is 3.95. The third-order valence-electron chi connectivity index (χ3n) is 3.45. The normalized spacial score (nSPS) is 18.6. The van der Waals surface area contributed by atoms with Crippen molar-refractivity contribution in [2.24, 2.45) is 0 Å². The number of aryl methyl sites for hydroxylation is 2. The first-order valence-electron chi connectivity index (χ1n) is 6.38. The number of nitrogens with one attached hydrogen (secondary N) is 1. The summed E-state index contributed by atoms with van der Waals surface area (Å²) in [6.45, 7) is 4.94. The molecule has 5 nitrogen and oxygen atoms in total. The van der Waals surface area contributed by atoms with Gasteiger partial charge in [0.15, 0.2) is 0 Å². The summed E-state index contributed by atoms with van der Waals surface area (Å²) >= 11 is 0. The third-order valence-corrected chi connectivity index (χ3v) is 3.45. The smallest absolute Gasteiger partial charge is 0.318 e. The molecule has 0 radical (unpaired) electrons. The van der Waals surface area contributed by atoms with Crippen molar-refractivity contribution in [1.82, 2.24) is 10.2 Å². The lowest BCUT2D eigenvalue weighted by Gasteiger charge is -2.16. The minimum absolute atomic E-state index is 0.0131. The Labute approximate surface area is 113 Å². The average molecular weight is 264 g/mol. The Balaban J connectivity index is 2.22. The van der Waals surface area contributed by atoms with Gasteiger partial charge >= 0.3 is 6.03 Å². The SMILES string of the molecule is COc1c(C)cc(C2CN(CCO)C(=O)N2)cc1C. The number of carbonyl (C=O) groups is 1. The lowest BCUT2D eigenvalue weighted by atomic mass is 10.0. The van der Waals surface area contributed by atoms with Crippen LogP contribution in [0.2, 0.25) is 0 Å². The second-order valence-corrected chi connectivity index (χ2v) is 4.86. The monoisotopic (exact) mass is 264 g/mol. The van der Waals surface area contributed by atoms with Gasteiger partial charge in [0.05, 0.1) is 19.8 Å². The van der Waals surface area contributed by atoms with Crippen LogP contribution < -0.4 is 10.1 Å². The van der Waals surface area contributed by atoms with Gasteiger partial charge in [-0.1, -0.05) is 12.1 Å². The Bertz CT molecular complexity index is 465. The average Bonchev–Trinajstić information content (AvgIpc) is 2.71. The predicted molar refractivity (Wildman–Crippen MR) is 72.4 cm³/mol. The third kappa shape index (κ3) is 2.66. The van der Waals surface area contributed by atoms with Crippen LogP contribution >= 0.6 is 0 Å². The Morgan fingerprint density at radius 2 is 2.05 bits per heavy atom. The van der Waals surface area contributed by atoms with Crippen LogP contribution in [0.4, 0.5) is 4.79 Å². The number of aliphatic hydroxyl groups is 1. The highest BCUT2D eigenvalue weighted by Crippen LogP contribution is 2.29. The summed E-state index contributed by atoms with van der Waals surface area (Å²) in [4.78, 5) is 13.3. The minimum Gasteiger partial charge on any atom is -0.496 e. The van der Waals surface area contributed by atoms with E-state index in [-0.39, 0.29) is 18.7 Å². The topological polar surface area (TPSA) is 61.8 Å². The molecule has 0 spiro atoms. The number of benzene rings is 1. The number of hydrogen-bond donors (Lipinski definition) is 2. The van der Waals surface area contributed by atoms with Crippen molar-refractivity contribution in [2.45, 2.75) is 19.9 Å². The first-order chi connectivity index (χ1) is 9.06. The number of methoxy groups -OCH3 is 1. The molecule has 1 atom stereocenters. The van der Waals surface area contributed by atoms with E-state index in [1.807, 2.05) is 26.0 Å². The summed E-state index contributed by atoms with van der Waals surface area (Å²) in [5, 5.41) is 11.9. The van der Waals surface area contributed by atoms with E-state index in [0.717, 1.165) is 22.4 Å². The van der Waals surface area contributed by atoms with Gasteiger partial charge in [0.2, 0.25) is 0 Å². The molecule has 0 saturated carbocycles. The zero-order valence-corrected chi connectivity index (χ0v) is 11.6. The number of hydrogen-bond acceptors (Lipinski definition) is 3. The number of amides is 2. The molecule has 19 heavy (non-hydrogen) atoms. The van der Waals surface area contributed by atoms with Gasteiger partial charge in [-0.15, -0.1) is 0 Å². The molecule has 1 fully saturated rings. The molecule has 5 heteroatoms. The summed E-state index contributed by atoms with van der Waals surface area (Å²) in [5.74, 6) is 0.889. The summed E-state index contributed by atoms with van der Waals surface area (Å²) in [7, 11) is 1.66. The number of β-amino-alcohol motifs (C(OH)–C–C–N with tert-alkyl or cyclic N) is 1. The summed E-state index contributed by atoms with van der Waals surface area (Å²) in [5.41, 5.74) is 3.20. The molecule has 2 amide bonds. The van der Waals surface area contributed by atoms with E-state index in [0.29, 0.717) is 13.1 Å². The standard InChI is InChI=1S/C14H20N2O3/c1-9-6-11(7-10(2)13(9)19-3)12-8-16(4-5-17)14(18)15-12/h6-7,12,17H,4-5,8H2,1-3H3,(H,15,18). The molecule has 0 aromatic heterocycles. The first kappa shape index (κ1) is 13.7. The number of ether oxygens (including phenoxy) is 1. The number of urea groups is 1. The molecular weight excluding hydrogens is 244 g/mol. The molecule has 2 N–H and O–H groups in total. The molecule has 1 saturated heterocycles. The van der Waals surface area contributed by atoms with E-state index in [9.17, 15) is 4.79 Å². The van der Waals surface area contributed by atoms with Crippen molar-refractivity contribution in [2.75, 3.05) is 26.8 Å². The number of carbonyl (C=O) groups excluding carboxylic acids is 1. The highest BCUT2D eigenvalue weighted by Gasteiger charge is 2.29. The van der Waals surface area contributed by atoms with Crippen molar-refractivity contribution in [1.29, 1.82) is 0 Å². The van der Waals surface area contributed by atoms with Crippen molar-refractivity contribution in [3.63, 3.8) is 0 Å². The van der Waals surface area contributed by atoms with Crippen LogP contribution in [-0.2, 0) is 0 Å². The van der Waals surface area contributed by atoms with Crippen LogP contribution in [-0.4, -0.2) is 42.8 Å². The van der Waals surface area contributed by atoms with Gasteiger partial charge in [-0.3, -0.25) is 0 Å². The molecule has 1 aliphatic heterocycles. The van der Waals surface area contributed by atoms with Crippen LogP contribution in [0.25, 0.3) is 0 Å². The van der Waals surface area contributed by atoms with Crippen LogP contribution in [0.1, 0.15) is 22.7 Å². The molecule has 1 unspecified atom stereocenters. The van der Waals surface area contributed by atoms with Crippen LogP contribution in [0.3, 0.4) is 0 Å². The van der Waals surface area contributed by atoms with E-state index >= 15 is 0 Å². The van der Waals surface area contributed by atoms with E-state index in [1.165, 1.54) is 0 Å². The number of nitrogens with zero attached hydrogens (tertiary/aromatic N) is 1. The number of aliphatic hydroxyl groups excluding tert-OH is 1. The summed E-state index contributed by atoms with van der Waals surface area (Å²) in [6.07, 6.45) is 0.